The molecule has 2 aliphatic heterocycles. The summed E-state index contributed by atoms with van der Waals surface area (Å²) in [6, 6.07) is 9.25. The molecule has 0 radical (unpaired) electrons. The van der Waals surface area contributed by atoms with E-state index in [9.17, 15) is 9.59 Å². The molecule has 0 spiro atoms. The summed E-state index contributed by atoms with van der Waals surface area (Å²) in [7, 11) is 0. The number of rotatable bonds is 6. The van der Waals surface area contributed by atoms with Crippen LogP contribution in [0.3, 0.4) is 0 Å². The highest BCUT2D eigenvalue weighted by molar-refractivity contribution is 5.77. The summed E-state index contributed by atoms with van der Waals surface area (Å²) in [5, 5.41) is 3.40. The Bertz CT molecular complexity index is 552. The van der Waals surface area contributed by atoms with Gasteiger partial charge in [-0.2, -0.15) is 0 Å². The molecule has 25 heavy (non-hydrogen) atoms. The topological polar surface area (TPSA) is 61.9 Å². The van der Waals surface area contributed by atoms with E-state index >= 15 is 0 Å². The Balaban J connectivity index is 1.47. The van der Waals surface area contributed by atoms with Gasteiger partial charge in [0.15, 0.2) is 0 Å². The summed E-state index contributed by atoms with van der Waals surface area (Å²) in [6.45, 7) is 5.75. The van der Waals surface area contributed by atoms with Crippen molar-refractivity contribution in [2.75, 3.05) is 39.3 Å². The number of piperazine rings is 1. The fourth-order valence-corrected chi connectivity index (χ4v) is 3.70. The summed E-state index contributed by atoms with van der Waals surface area (Å²) >= 11 is 0. The minimum absolute atomic E-state index is 0.103. The van der Waals surface area contributed by atoms with Gasteiger partial charge in [0.25, 0.3) is 0 Å². The van der Waals surface area contributed by atoms with Gasteiger partial charge in [-0.25, -0.2) is 0 Å². The van der Waals surface area contributed by atoms with Crippen LogP contribution in [-0.2, 0) is 9.59 Å². The zero-order valence-electron chi connectivity index (χ0n) is 14.6. The van der Waals surface area contributed by atoms with Gasteiger partial charge in [0.2, 0.25) is 0 Å². The van der Waals surface area contributed by atoms with Crippen molar-refractivity contribution in [3.8, 4) is 5.75 Å². The fourth-order valence-electron chi connectivity index (χ4n) is 3.70. The van der Waals surface area contributed by atoms with Crippen LogP contribution in [0.1, 0.15) is 19.3 Å². The van der Waals surface area contributed by atoms with Crippen molar-refractivity contribution in [2.24, 2.45) is 0 Å². The number of benzene rings is 1. The highest BCUT2D eigenvalue weighted by atomic mass is 16.5. The Hall–Kier alpha value is -1.76. The van der Waals surface area contributed by atoms with Crippen LogP contribution in [0.5, 0.6) is 5.75 Å². The largest absolute Gasteiger partial charge is 0.426 e. The minimum atomic E-state index is -0.397. The zero-order valence-corrected chi connectivity index (χ0v) is 14.6. The lowest BCUT2D eigenvalue weighted by Crippen LogP contribution is -2.55. The zero-order chi connectivity index (χ0) is 17.5. The molecule has 0 bridgehead atoms. The van der Waals surface area contributed by atoms with E-state index in [1.54, 1.807) is 12.1 Å². The Morgan fingerprint density at radius 1 is 1.16 bits per heavy atom. The van der Waals surface area contributed by atoms with Crippen LogP contribution < -0.4 is 10.1 Å². The Kier molecular flexibility index (Phi) is 6.55. The normalized spacial score (nSPS) is 21.6. The van der Waals surface area contributed by atoms with Crippen LogP contribution in [0.2, 0.25) is 0 Å². The number of carbonyl (C=O) groups excluding carboxylic acids is 2. The van der Waals surface area contributed by atoms with Crippen molar-refractivity contribution >= 4 is 12.3 Å². The summed E-state index contributed by atoms with van der Waals surface area (Å²) in [6.07, 6.45) is 3.37. The predicted octanol–water partition coefficient (Wildman–Crippen LogP) is 0.919. The molecule has 0 amide bonds. The maximum Gasteiger partial charge on any atom is 0.313 e. The molecule has 2 fully saturated rings. The van der Waals surface area contributed by atoms with E-state index in [0.29, 0.717) is 11.8 Å². The monoisotopic (exact) mass is 345 g/mol. The van der Waals surface area contributed by atoms with Gasteiger partial charge in [-0.05, 0) is 38.1 Å². The van der Waals surface area contributed by atoms with E-state index in [4.69, 9.17) is 4.74 Å². The lowest BCUT2D eigenvalue weighted by Gasteiger charge is -2.42. The molecule has 136 valence electrons. The molecule has 2 aliphatic rings. The minimum Gasteiger partial charge on any atom is -0.426 e. The van der Waals surface area contributed by atoms with Gasteiger partial charge in [-0.1, -0.05) is 18.2 Å². The smallest absolute Gasteiger partial charge is 0.313 e. The van der Waals surface area contributed by atoms with Crippen molar-refractivity contribution in [1.29, 1.82) is 0 Å². The summed E-state index contributed by atoms with van der Waals surface area (Å²) in [5.41, 5.74) is 0. The molecule has 2 heterocycles. The van der Waals surface area contributed by atoms with Crippen LogP contribution >= 0.6 is 0 Å². The third-order valence-corrected chi connectivity index (χ3v) is 5.15. The first kappa shape index (κ1) is 18.0. The lowest BCUT2D eigenvalue weighted by atomic mass is 10.0. The maximum atomic E-state index is 12.1. The van der Waals surface area contributed by atoms with E-state index in [1.165, 1.54) is 12.8 Å². The Labute approximate surface area is 149 Å². The van der Waals surface area contributed by atoms with Gasteiger partial charge in [0.05, 0.1) is 12.5 Å². The first-order valence-corrected chi connectivity index (χ1v) is 9.16. The number of para-hydroxylation sites is 1. The molecule has 1 aromatic rings. The SMILES string of the molecule is O=CC(CC(=O)Oc1ccccc1)N1CCN(C2CCNCC2)CC1. The summed E-state index contributed by atoms with van der Waals surface area (Å²) in [4.78, 5) is 28.3. The highest BCUT2D eigenvalue weighted by Gasteiger charge is 2.29. The molecular formula is C19H27N3O3. The van der Waals surface area contributed by atoms with Crippen molar-refractivity contribution in [3.05, 3.63) is 30.3 Å². The van der Waals surface area contributed by atoms with E-state index < -0.39 is 6.04 Å². The number of aldehydes is 1. The maximum absolute atomic E-state index is 12.1. The van der Waals surface area contributed by atoms with Crippen LogP contribution in [0.4, 0.5) is 0 Å². The molecule has 6 nitrogen and oxygen atoms in total. The number of nitrogens with zero attached hydrogens (tertiary/aromatic N) is 2. The number of nitrogens with one attached hydrogen (secondary N) is 1. The van der Waals surface area contributed by atoms with Crippen LogP contribution in [0.15, 0.2) is 30.3 Å². The van der Waals surface area contributed by atoms with Crippen LogP contribution in [-0.4, -0.2) is 73.4 Å². The van der Waals surface area contributed by atoms with E-state index in [0.717, 1.165) is 45.6 Å². The average molecular weight is 345 g/mol. The lowest BCUT2D eigenvalue weighted by molar-refractivity contribution is -0.137. The first-order chi connectivity index (χ1) is 12.3. The third-order valence-electron chi connectivity index (χ3n) is 5.15. The second-order valence-electron chi connectivity index (χ2n) is 6.75. The van der Waals surface area contributed by atoms with Crippen LogP contribution in [0, 0.1) is 0 Å². The average Bonchev–Trinajstić information content (AvgIpc) is 2.68. The van der Waals surface area contributed by atoms with Gasteiger partial charge >= 0.3 is 5.97 Å². The molecular weight excluding hydrogens is 318 g/mol. The number of carbonyl (C=O) groups is 2. The summed E-state index contributed by atoms with van der Waals surface area (Å²) in [5.74, 6) is 0.164. The number of ether oxygens (including phenoxy) is 1. The molecule has 2 saturated heterocycles. The number of hydrogen-bond donors (Lipinski definition) is 1. The third kappa shape index (κ3) is 5.11. The van der Waals surface area contributed by atoms with Crippen molar-refractivity contribution in [3.63, 3.8) is 0 Å². The standard InChI is InChI=1S/C19H27N3O3/c23-15-17(14-19(24)25-18-4-2-1-3-5-18)22-12-10-21(11-13-22)16-6-8-20-9-7-16/h1-5,15-17,20H,6-14H2. The predicted molar refractivity (Wildman–Crippen MR) is 95.6 cm³/mol. The summed E-state index contributed by atoms with van der Waals surface area (Å²) < 4.78 is 5.31. The van der Waals surface area contributed by atoms with E-state index in [1.807, 2.05) is 18.2 Å². The van der Waals surface area contributed by atoms with Gasteiger partial charge in [0, 0.05) is 32.2 Å². The molecule has 3 rings (SSSR count). The molecule has 0 saturated carbocycles. The van der Waals surface area contributed by atoms with Gasteiger partial charge in [-0.15, -0.1) is 0 Å². The van der Waals surface area contributed by atoms with Gasteiger partial charge < -0.3 is 14.8 Å². The highest BCUT2D eigenvalue weighted by Crippen LogP contribution is 2.17. The molecule has 1 atom stereocenters. The van der Waals surface area contributed by atoms with Gasteiger partial charge in [-0.3, -0.25) is 14.6 Å². The molecule has 1 aromatic carbocycles. The van der Waals surface area contributed by atoms with Gasteiger partial charge in [0.1, 0.15) is 12.0 Å². The van der Waals surface area contributed by atoms with Crippen LogP contribution in [0.25, 0.3) is 0 Å². The van der Waals surface area contributed by atoms with Crippen molar-refractivity contribution in [2.45, 2.75) is 31.3 Å². The quantitative estimate of drug-likeness (QED) is 0.470. The Morgan fingerprint density at radius 2 is 1.84 bits per heavy atom. The molecule has 1 N–H and O–H groups in total. The molecule has 0 aromatic heterocycles. The second-order valence-corrected chi connectivity index (χ2v) is 6.75. The van der Waals surface area contributed by atoms with E-state index in [2.05, 4.69) is 15.1 Å². The molecule has 1 unspecified atom stereocenters. The number of piperidine rings is 1. The van der Waals surface area contributed by atoms with E-state index in [-0.39, 0.29) is 12.4 Å². The molecule has 0 aliphatic carbocycles. The second kappa shape index (κ2) is 9.08. The first-order valence-electron chi connectivity index (χ1n) is 9.16. The molecule has 6 heteroatoms. The number of esters is 1. The Morgan fingerprint density at radius 3 is 2.48 bits per heavy atom. The number of hydrogen-bond acceptors (Lipinski definition) is 6. The fraction of sp³-hybridized carbons (Fsp3) is 0.579. The van der Waals surface area contributed by atoms with Crippen molar-refractivity contribution < 1.29 is 14.3 Å². The van der Waals surface area contributed by atoms with Crippen molar-refractivity contribution in [1.82, 2.24) is 15.1 Å².